The highest BCUT2D eigenvalue weighted by molar-refractivity contribution is 7.08. The van der Waals surface area contributed by atoms with Crippen molar-refractivity contribution in [2.24, 2.45) is 0 Å². The average molecular weight is 446 g/mol. The minimum Gasteiger partial charge on any atom is -0.492 e. The van der Waals surface area contributed by atoms with Crippen LogP contribution in [0.2, 0.25) is 0 Å². The predicted octanol–water partition coefficient (Wildman–Crippen LogP) is 6.26. The van der Waals surface area contributed by atoms with Gasteiger partial charge < -0.3 is 4.74 Å². The van der Waals surface area contributed by atoms with Gasteiger partial charge in [0, 0.05) is 5.38 Å². The first kappa shape index (κ1) is 23.6. The summed E-state index contributed by atoms with van der Waals surface area (Å²) in [4.78, 5) is 0. The van der Waals surface area contributed by atoms with E-state index in [0.717, 1.165) is 22.8 Å². The monoisotopic (exact) mass is 446 g/mol. The van der Waals surface area contributed by atoms with Crippen LogP contribution in [-0.4, -0.2) is 42.4 Å². The van der Waals surface area contributed by atoms with Crippen molar-refractivity contribution in [1.82, 2.24) is 0 Å². The third-order valence-electron chi connectivity index (χ3n) is 3.18. The van der Waals surface area contributed by atoms with Crippen molar-refractivity contribution < 1.29 is 61.8 Å². The summed E-state index contributed by atoms with van der Waals surface area (Å²) in [6.07, 6.45) is -9.79. The molecule has 1 nitrogen and oxygen atoms in total. The first-order chi connectivity index (χ1) is 11.8. The highest BCUT2D eigenvalue weighted by Crippen LogP contribution is 2.60. The molecule has 0 amide bonds. The molecule has 1 aromatic rings. The van der Waals surface area contributed by atoms with Gasteiger partial charge >= 0.3 is 35.8 Å². The molecule has 0 saturated carbocycles. The van der Waals surface area contributed by atoms with Crippen LogP contribution in [0, 0.1) is 0 Å². The molecule has 0 aliphatic rings. The van der Waals surface area contributed by atoms with E-state index < -0.39 is 48.8 Å². The molecule has 1 rings (SSSR count). The summed E-state index contributed by atoms with van der Waals surface area (Å²) in [5.74, 6) is -36.9. The molecular formula is C12H7F13OS. The number of halogens is 13. The maximum Gasteiger partial charge on any atom is 0.460 e. The smallest absolute Gasteiger partial charge is 0.460 e. The van der Waals surface area contributed by atoms with Crippen LogP contribution in [0.5, 0.6) is 5.75 Å². The fourth-order valence-corrected chi connectivity index (χ4v) is 2.16. The van der Waals surface area contributed by atoms with Gasteiger partial charge in [0.25, 0.3) is 0 Å². The zero-order valence-corrected chi connectivity index (χ0v) is 13.2. The van der Waals surface area contributed by atoms with Crippen LogP contribution in [-0.2, 0) is 0 Å². The Morgan fingerprint density at radius 1 is 0.704 bits per heavy atom. The van der Waals surface area contributed by atoms with E-state index in [2.05, 4.69) is 4.74 Å². The Bertz CT molecular complexity index is 620. The second kappa shape index (κ2) is 6.88. The highest BCUT2D eigenvalue weighted by atomic mass is 32.1. The molecule has 0 unspecified atom stereocenters. The second-order valence-electron chi connectivity index (χ2n) is 5.06. The molecule has 1 heterocycles. The number of hydrogen-bond donors (Lipinski definition) is 0. The largest absolute Gasteiger partial charge is 0.492 e. The molecule has 1 aromatic heterocycles. The maximum atomic E-state index is 13.4. The summed E-state index contributed by atoms with van der Waals surface area (Å²) in [6, 6.07) is 1.13. The zero-order chi connectivity index (χ0) is 21.5. The molecule has 0 N–H and O–H groups in total. The SMILES string of the molecule is FC(F)(F)C(F)(F)C(F)(F)C(F)(F)C(F)(F)C(F)(F)CCOc1ccsc1. The Labute approximate surface area is 145 Å². The highest BCUT2D eigenvalue weighted by Gasteiger charge is 2.90. The Balaban J connectivity index is 3.13. The molecule has 0 fully saturated rings. The van der Waals surface area contributed by atoms with E-state index in [-0.39, 0.29) is 5.75 Å². The Morgan fingerprint density at radius 3 is 1.59 bits per heavy atom. The fourth-order valence-electron chi connectivity index (χ4n) is 1.59. The molecule has 0 saturated heterocycles. The van der Waals surface area contributed by atoms with E-state index >= 15 is 0 Å². The van der Waals surface area contributed by atoms with E-state index in [4.69, 9.17) is 0 Å². The van der Waals surface area contributed by atoms with Crippen molar-refractivity contribution in [3.63, 3.8) is 0 Å². The number of ether oxygens (including phenoxy) is 1. The molecule has 0 spiro atoms. The molecule has 0 aromatic carbocycles. The van der Waals surface area contributed by atoms with Gasteiger partial charge in [-0.3, -0.25) is 0 Å². The first-order valence-corrected chi connectivity index (χ1v) is 7.38. The maximum absolute atomic E-state index is 13.4. The molecule has 0 radical (unpaired) electrons. The van der Waals surface area contributed by atoms with Crippen molar-refractivity contribution in [2.75, 3.05) is 6.61 Å². The zero-order valence-electron chi connectivity index (χ0n) is 12.4. The molecular weight excluding hydrogens is 439 g/mol. The van der Waals surface area contributed by atoms with E-state index in [9.17, 15) is 57.1 Å². The lowest BCUT2D eigenvalue weighted by Gasteiger charge is -2.39. The van der Waals surface area contributed by atoms with Crippen molar-refractivity contribution in [3.8, 4) is 5.75 Å². The fraction of sp³-hybridized carbons (Fsp3) is 0.667. The summed E-state index contributed by atoms with van der Waals surface area (Å²) >= 11 is 0.946. The van der Waals surface area contributed by atoms with Gasteiger partial charge in [-0.25, -0.2) is 0 Å². The van der Waals surface area contributed by atoms with E-state index in [1.807, 2.05) is 0 Å². The third kappa shape index (κ3) is 3.78. The van der Waals surface area contributed by atoms with Gasteiger partial charge in [0.1, 0.15) is 5.75 Å². The minimum atomic E-state index is -7.88. The summed E-state index contributed by atoms with van der Waals surface area (Å²) in [5.41, 5.74) is 0. The van der Waals surface area contributed by atoms with Gasteiger partial charge in [-0.2, -0.15) is 57.1 Å². The molecule has 0 aliphatic heterocycles. The van der Waals surface area contributed by atoms with Crippen LogP contribution in [0.15, 0.2) is 16.8 Å². The molecule has 158 valence electrons. The van der Waals surface area contributed by atoms with Crippen LogP contribution in [0.4, 0.5) is 57.1 Å². The van der Waals surface area contributed by atoms with Crippen LogP contribution >= 0.6 is 11.3 Å². The predicted molar refractivity (Wildman–Crippen MR) is 65.2 cm³/mol. The number of alkyl halides is 13. The van der Waals surface area contributed by atoms with E-state index in [1.165, 1.54) is 5.38 Å². The Kier molecular flexibility index (Phi) is 6.02. The quantitative estimate of drug-likeness (QED) is 0.429. The first-order valence-electron chi connectivity index (χ1n) is 6.44. The van der Waals surface area contributed by atoms with Gasteiger partial charge in [-0.1, -0.05) is 0 Å². The van der Waals surface area contributed by atoms with Gasteiger partial charge in [0.2, 0.25) is 0 Å². The van der Waals surface area contributed by atoms with Crippen LogP contribution in [0.25, 0.3) is 0 Å². The summed E-state index contributed by atoms with van der Waals surface area (Å²) in [5, 5.41) is 2.49. The lowest BCUT2D eigenvalue weighted by molar-refractivity contribution is -0.440. The van der Waals surface area contributed by atoms with Crippen molar-refractivity contribution in [2.45, 2.75) is 42.2 Å². The molecule has 0 aliphatic carbocycles. The average Bonchev–Trinajstić information content (AvgIpc) is 2.98. The van der Waals surface area contributed by atoms with Crippen molar-refractivity contribution in [3.05, 3.63) is 16.8 Å². The standard InChI is InChI=1S/C12H7F13OS/c13-7(14,2-3-26-6-1-4-27-5-6)8(15,16)9(17,18)10(19,20)11(21,22)12(23,24)25/h1,4-5H,2-3H2. The minimum absolute atomic E-state index is 0.181. The molecule has 15 heteroatoms. The topological polar surface area (TPSA) is 9.23 Å². The van der Waals surface area contributed by atoms with E-state index in [0.29, 0.717) is 0 Å². The number of thiophene rings is 1. The third-order valence-corrected chi connectivity index (χ3v) is 3.84. The summed E-state index contributed by atoms with van der Waals surface area (Å²) in [6.45, 7) is -1.45. The normalized spacial score (nSPS) is 15.1. The number of hydrogen-bond acceptors (Lipinski definition) is 2. The van der Waals surface area contributed by atoms with Gasteiger partial charge in [-0.05, 0) is 11.4 Å². The van der Waals surface area contributed by atoms with E-state index in [1.54, 1.807) is 0 Å². The number of rotatable bonds is 8. The molecule has 0 bridgehead atoms. The summed E-state index contributed by atoms with van der Waals surface area (Å²) in [7, 11) is 0. The lowest BCUT2D eigenvalue weighted by atomic mass is 9.93. The van der Waals surface area contributed by atoms with Gasteiger partial charge in [-0.15, -0.1) is 11.3 Å². The van der Waals surface area contributed by atoms with Gasteiger partial charge in [0.15, 0.2) is 0 Å². The van der Waals surface area contributed by atoms with Crippen LogP contribution < -0.4 is 4.74 Å². The Morgan fingerprint density at radius 2 is 1.19 bits per heavy atom. The van der Waals surface area contributed by atoms with Crippen molar-refractivity contribution >= 4 is 11.3 Å². The van der Waals surface area contributed by atoms with Crippen LogP contribution in [0.3, 0.4) is 0 Å². The second-order valence-corrected chi connectivity index (χ2v) is 5.84. The lowest BCUT2D eigenvalue weighted by Crippen LogP contribution is -2.70. The Hall–Kier alpha value is -1.41. The van der Waals surface area contributed by atoms with Gasteiger partial charge in [0.05, 0.1) is 13.0 Å². The molecule has 0 atom stereocenters. The van der Waals surface area contributed by atoms with Crippen LogP contribution in [0.1, 0.15) is 6.42 Å². The van der Waals surface area contributed by atoms with Crippen molar-refractivity contribution in [1.29, 1.82) is 0 Å². The summed E-state index contributed by atoms with van der Waals surface area (Å²) < 4.78 is 171. The molecule has 27 heavy (non-hydrogen) atoms.